The maximum atomic E-state index is 12.5. The highest BCUT2D eigenvalue weighted by atomic mass is 16.6. The molecule has 1 aromatic rings. The van der Waals surface area contributed by atoms with E-state index in [1.165, 1.54) is 0 Å². The highest BCUT2D eigenvalue weighted by Crippen LogP contribution is 2.14. The van der Waals surface area contributed by atoms with Crippen molar-refractivity contribution in [2.45, 2.75) is 58.2 Å². The fourth-order valence-corrected chi connectivity index (χ4v) is 2.74. The van der Waals surface area contributed by atoms with E-state index in [4.69, 9.17) is 4.74 Å². The van der Waals surface area contributed by atoms with Gasteiger partial charge in [0.2, 0.25) is 0 Å². The summed E-state index contributed by atoms with van der Waals surface area (Å²) < 4.78 is 5.28. The number of amides is 3. The van der Waals surface area contributed by atoms with Gasteiger partial charge >= 0.3 is 12.1 Å². The average molecular weight is 348 g/mol. The zero-order valence-corrected chi connectivity index (χ0v) is 15.4. The van der Waals surface area contributed by atoms with Crippen molar-refractivity contribution in [3.8, 4) is 0 Å². The van der Waals surface area contributed by atoms with Crippen molar-refractivity contribution in [1.29, 1.82) is 0 Å². The summed E-state index contributed by atoms with van der Waals surface area (Å²) in [5, 5.41) is 5.81. The van der Waals surface area contributed by atoms with E-state index in [-0.39, 0.29) is 18.1 Å². The number of alkyl carbamates (subject to hydrolysis) is 1. The molecule has 0 saturated carbocycles. The molecular formula is C18H28N4O3. The van der Waals surface area contributed by atoms with E-state index in [0.29, 0.717) is 13.1 Å². The minimum Gasteiger partial charge on any atom is -0.444 e. The Bertz CT molecular complexity index is 586. The summed E-state index contributed by atoms with van der Waals surface area (Å²) in [5.41, 5.74) is 0.282. The third kappa shape index (κ3) is 6.25. The Balaban J connectivity index is 1.85. The Morgan fingerprint density at radius 3 is 2.76 bits per heavy atom. The van der Waals surface area contributed by atoms with Gasteiger partial charge in [-0.05, 0) is 52.7 Å². The van der Waals surface area contributed by atoms with E-state index >= 15 is 0 Å². The number of urea groups is 1. The van der Waals surface area contributed by atoms with Crippen molar-refractivity contribution in [3.63, 3.8) is 0 Å². The molecular weight excluding hydrogens is 320 g/mol. The van der Waals surface area contributed by atoms with E-state index in [1.807, 2.05) is 45.9 Å². The predicted molar refractivity (Wildman–Crippen MR) is 95.1 cm³/mol. The topological polar surface area (TPSA) is 83.6 Å². The summed E-state index contributed by atoms with van der Waals surface area (Å²) in [4.78, 5) is 30.4. The number of hydrogen-bond acceptors (Lipinski definition) is 4. The molecule has 7 heteroatoms. The van der Waals surface area contributed by atoms with Crippen molar-refractivity contribution in [2.24, 2.45) is 0 Å². The molecule has 7 nitrogen and oxygen atoms in total. The van der Waals surface area contributed by atoms with Crippen LogP contribution >= 0.6 is 0 Å². The molecule has 2 atom stereocenters. The van der Waals surface area contributed by atoms with Crippen molar-refractivity contribution >= 4 is 12.1 Å². The van der Waals surface area contributed by atoms with Crippen LogP contribution in [0.3, 0.4) is 0 Å². The van der Waals surface area contributed by atoms with Crippen LogP contribution in [0, 0.1) is 0 Å². The number of nitrogens with one attached hydrogen (secondary N) is 2. The van der Waals surface area contributed by atoms with Gasteiger partial charge in [-0.3, -0.25) is 4.98 Å². The average Bonchev–Trinajstić information content (AvgIpc) is 2.54. The molecule has 138 valence electrons. The second-order valence-corrected chi connectivity index (χ2v) is 7.36. The third-order valence-corrected chi connectivity index (χ3v) is 3.90. The number of carbonyl (C=O) groups excluding carboxylic acids is 2. The lowest BCUT2D eigenvalue weighted by atomic mass is 10.1. The molecule has 25 heavy (non-hydrogen) atoms. The van der Waals surface area contributed by atoms with Gasteiger partial charge in [0.05, 0.1) is 11.7 Å². The number of pyridine rings is 1. The van der Waals surface area contributed by atoms with Gasteiger partial charge in [-0.2, -0.15) is 0 Å². The first-order valence-corrected chi connectivity index (χ1v) is 8.70. The Morgan fingerprint density at radius 2 is 2.12 bits per heavy atom. The van der Waals surface area contributed by atoms with Gasteiger partial charge in [-0.1, -0.05) is 6.07 Å². The zero-order valence-electron chi connectivity index (χ0n) is 15.4. The van der Waals surface area contributed by atoms with Gasteiger partial charge in [0, 0.05) is 25.3 Å². The molecule has 1 saturated heterocycles. The number of rotatable bonds is 3. The molecule has 3 amide bonds. The smallest absolute Gasteiger partial charge is 0.407 e. The normalized spacial score (nSPS) is 19.0. The van der Waals surface area contributed by atoms with Gasteiger partial charge in [0.15, 0.2) is 0 Å². The molecule has 0 bridgehead atoms. The molecule has 0 radical (unpaired) electrons. The van der Waals surface area contributed by atoms with E-state index in [2.05, 4.69) is 15.6 Å². The second kappa shape index (κ2) is 8.18. The van der Waals surface area contributed by atoms with Crippen LogP contribution in [0.25, 0.3) is 0 Å². The Labute approximate surface area is 149 Å². The summed E-state index contributed by atoms with van der Waals surface area (Å²) in [7, 11) is 0. The SMILES string of the molecule is C[C@H](NC(=O)N1CCC[C@@H](NC(=O)OC(C)(C)C)C1)c1ccccn1. The number of ether oxygens (including phenoxy) is 1. The number of hydrogen-bond donors (Lipinski definition) is 2. The van der Waals surface area contributed by atoms with Crippen molar-refractivity contribution in [1.82, 2.24) is 20.5 Å². The summed E-state index contributed by atoms with van der Waals surface area (Å²) >= 11 is 0. The largest absolute Gasteiger partial charge is 0.444 e. The fourth-order valence-electron chi connectivity index (χ4n) is 2.74. The van der Waals surface area contributed by atoms with Crippen LogP contribution in [0.5, 0.6) is 0 Å². The maximum Gasteiger partial charge on any atom is 0.407 e. The summed E-state index contributed by atoms with van der Waals surface area (Å²) in [6.45, 7) is 8.53. The molecule has 0 spiro atoms. The van der Waals surface area contributed by atoms with E-state index in [9.17, 15) is 9.59 Å². The summed E-state index contributed by atoms with van der Waals surface area (Å²) in [5.74, 6) is 0. The van der Waals surface area contributed by atoms with E-state index in [0.717, 1.165) is 18.5 Å². The van der Waals surface area contributed by atoms with Gasteiger partial charge in [0.1, 0.15) is 5.60 Å². The van der Waals surface area contributed by atoms with Crippen LogP contribution < -0.4 is 10.6 Å². The van der Waals surface area contributed by atoms with Crippen molar-refractivity contribution < 1.29 is 14.3 Å². The monoisotopic (exact) mass is 348 g/mol. The first-order valence-electron chi connectivity index (χ1n) is 8.70. The molecule has 1 fully saturated rings. The molecule has 2 heterocycles. The van der Waals surface area contributed by atoms with Crippen LogP contribution in [0.15, 0.2) is 24.4 Å². The van der Waals surface area contributed by atoms with Crippen LogP contribution in [-0.2, 0) is 4.74 Å². The predicted octanol–water partition coefficient (Wildman–Crippen LogP) is 2.84. The molecule has 1 aliphatic heterocycles. The lowest BCUT2D eigenvalue weighted by molar-refractivity contribution is 0.0479. The number of nitrogens with zero attached hydrogens (tertiary/aromatic N) is 2. The van der Waals surface area contributed by atoms with Crippen LogP contribution in [0.1, 0.15) is 52.3 Å². The Morgan fingerprint density at radius 1 is 1.36 bits per heavy atom. The quantitative estimate of drug-likeness (QED) is 0.880. The summed E-state index contributed by atoms with van der Waals surface area (Å²) in [6, 6.07) is 5.21. The van der Waals surface area contributed by atoms with Gasteiger partial charge in [-0.25, -0.2) is 9.59 Å². The van der Waals surface area contributed by atoms with Crippen LogP contribution in [0.2, 0.25) is 0 Å². The molecule has 0 aliphatic carbocycles. The lowest BCUT2D eigenvalue weighted by Crippen LogP contribution is -2.53. The number of aromatic nitrogens is 1. The highest BCUT2D eigenvalue weighted by molar-refractivity contribution is 5.75. The first kappa shape index (κ1) is 19.0. The maximum absolute atomic E-state index is 12.5. The Hall–Kier alpha value is -2.31. The molecule has 2 N–H and O–H groups in total. The highest BCUT2D eigenvalue weighted by Gasteiger charge is 2.27. The third-order valence-electron chi connectivity index (χ3n) is 3.90. The van der Waals surface area contributed by atoms with Gasteiger partial charge < -0.3 is 20.3 Å². The Kier molecular flexibility index (Phi) is 6.22. The van der Waals surface area contributed by atoms with E-state index in [1.54, 1.807) is 11.1 Å². The first-order chi connectivity index (χ1) is 11.7. The molecule has 0 unspecified atom stereocenters. The summed E-state index contributed by atoms with van der Waals surface area (Å²) in [6.07, 6.45) is 2.94. The zero-order chi connectivity index (χ0) is 18.4. The number of likely N-dealkylation sites (tertiary alicyclic amines) is 1. The minimum absolute atomic E-state index is 0.0977. The number of carbonyl (C=O) groups is 2. The molecule has 1 aromatic heterocycles. The second-order valence-electron chi connectivity index (χ2n) is 7.36. The molecule has 2 rings (SSSR count). The molecule has 0 aromatic carbocycles. The van der Waals surface area contributed by atoms with Gasteiger partial charge in [0.25, 0.3) is 0 Å². The standard InChI is InChI=1S/C18H28N4O3/c1-13(15-9-5-6-10-19-15)20-16(23)22-11-7-8-14(12-22)21-17(24)25-18(2,3)4/h5-6,9-10,13-14H,7-8,11-12H2,1-4H3,(H,20,23)(H,21,24)/t13-,14+/m0/s1. The van der Waals surface area contributed by atoms with Gasteiger partial charge in [-0.15, -0.1) is 0 Å². The van der Waals surface area contributed by atoms with Crippen LogP contribution in [0.4, 0.5) is 9.59 Å². The minimum atomic E-state index is -0.534. The van der Waals surface area contributed by atoms with Crippen molar-refractivity contribution in [3.05, 3.63) is 30.1 Å². The van der Waals surface area contributed by atoms with E-state index < -0.39 is 11.7 Å². The van der Waals surface area contributed by atoms with Crippen molar-refractivity contribution in [2.75, 3.05) is 13.1 Å². The van der Waals surface area contributed by atoms with Crippen LogP contribution in [-0.4, -0.2) is 46.7 Å². The number of piperidine rings is 1. The fraction of sp³-hybridized carbons (Fsp3) is 0.611. The molecule has 1 aliphatic rings. The lowest BCUT2D eigenvalue weighted by Gasteiger charge is -2.34.